The summed E-state index contributed by atoms with van der Waals surface area (Å²) >= 11 is 3.62. The van der Waals surface area contributed by atoms with E-state index in [-0.39, 0.29) is 12.2 Å². The zero-order chi connectivity index (χ0) is 26.6. The fourth-order valence-electron chi connectivity index (χ4n) is 4.65. The van der Waals surface area contributed by atoms with Gasteiger partial charge >= 0.3 is 5.97 Å². The maximum atomic E-state index is 13.2. The van der Waals surface area contributed by atoms with Gasteiger partial charge in [-0.15, -0.1) is 0 Å². The van der Waals surface area contributed by atoms with Gasteiger partial charge in [0.1, 0.15) is 17.1 Å². The molecular formula is C32H27BrO5. The number of carboxylic acid groups (broad SMARTS) is 1. The topological polar surface area (TPSA) is 76.7 Å². The molecule has 5 rings (SSSR count). The minimum atomic E-state index is -1.03. The molecule has 0 amide bonds. The number of unbranched alkanes of at least 4 members (excludes halogenated alkanes) is 1. The van der Waals surface area contributed by atoms with Gasteiger partial charge in [-0.1, -0.05) is 80.1 Å². The number of ether oxygens (including phenoxy) is 1. The monoisotopic (exact) mass is 570 g/mol. The fraction of sp³-hybridized carbons (Fsp3) is 0.188. The van der Waals surface area contributed by atoms with Crippen LogP contribution in [0.5, 0.6) is 5.75 Å². The average Bonchev–Trinajstić information content (AvgIpc) is 3.33. The predicted molar refractivity (Wildman–Crippen MR) is 153 cm³/mol. The van der Waals surface area contributed by atoms with Crippen LogP contribution in [0.25, 0.3) is 33.1 Å². The van der Waals surface area contributed by atoms with Crippen LogP contribution in [0.15, 0.2) is 93.8 Å². The Morgan fingerprint density at radius 2 is 1.71 bits per heavy atom. The van der Waals surface area contributed by atoms with Gasteiger partial charge in [0.05, 0.1) is 10.0 Å². The second-order valence-corrected chi connectivity index (χ2v) is 10.1. The number of hydrogen-bond acceptors (Lipinski definition) is 4. The van der Waals surface area contributed by atoms with E-state index in [4.69, 9.17) is 9.15 Å². The Kier molecular flexibility index (Phi) is 7.61. The Balaban J connectivity index is 1.50. The van der Waals surface area contributed by atoms with E-state index in [1.54, 1.807) is 6.07 Å². The SMILES string of the molecule is CCCCC(=O)c1c(-c2ccc3c(Br)c(OC(Cc4ccccc4)C(=O)O)ccc3c2)oc2ccccc12. The summed E-state index contributed by atoms with van der Waals surface area (Å²) in [6.45, 7) is 2.07. The molecule has 0 fully saturated rings. The number of rotatable bonds is 10. The molecule has 0 aliphatic carbocycles. The molecule has 1 atom stereocenters. The van der Waals surface area contributed by atoms with Crippen LogP contribution in [-0.2, 0) is 11.2 Å². The molecule has 1 N–H and O–H groups in total. The predicted octanol–water partition coefficient (Wildman–Crippen LogP) is 8.46. The van der Waals surface area contributed by atoms with Gasteiger partial charge in [-0.3, -0.25) is 4.79 Å². The molecule has 0 bridgehead atoms. The average molecular weight is 571 g/mol. The van der Waals surface area contributed by atoms with Gasteiger partial charge < -0.3 is 14.3 Å². The smallest absolute Gasteiger partial charge is 0.345 e. The Bertz CT molecular complexity index is 1620. The number of fused-ring (bicyclic) bond motifs is 2. The summed E-state index contributed by atoms with van der Waals surface area (Å²) in [6, 6.07) is 26.5. The molecule has 1 heterocycles. The van der Waals surface area contributed by atoms with Crippen molar-refractivity contribution in [1.29, 1.82) is 0 Å². The highest BCUT2D eigenvalue weighted by molar-refractivity contribution is 9.10. The molecule has 0 radical (unpaired) electrons. The third-order valence-corrected chi connectivity index (χ3v) is 7.44. The van der Waals surface area contributed by atoms with Gasteiger partial charge in [-0.25, -0.2) is 4.79 Å². The summed E-state index contributed by atoms with van der Waals surface area (Å²) in [5, 5.41) is 12.4. The summed E-state index contributed by atoms with van der Waals surface area (Å²) in [4.78, 5) is 25.1. The first-order valence-electron chi connectivity index (χ1n) is 12.7. The second kappa shape index (κ2) is 11.2. The summed E-state index contributed by atoms with van der Waals surface area (Å²) in [5.74, 6) is 0.0727. The summed E-state index contributed by atoms with van der Waals surface area (Å²) < 4.78 is 12.8. The number of halogens is 1. The van der Waals surface area contributed by atoms with Gasteiger partial charge in [-0.2, -0.15) is 0 Å². The minimum absolute atomic E-state index is 0.0787. The molecule has 192 valence electrons. The van der Waals surface area contributed by atoms with Crippen LogP contribution in [-0.4, -0.2) is 23.0 Å². The quantitative estimate of drug-likeness (QED) is 0.170. The highest BCUT2D eigenvalue weighted by Crippen LogP contribution is 2.39. The van der Waals surface area contributed by atoms with E-state index in [9.17, 15) is 14.7 Å². The molecule has 5 aromatic rings. The van der Waals surface area contributed by atoms with Crippen molar-refractivity contribution >= 4 is 49.4 Å². The molecule has 0 saturated carbocycles. The Morgan fingerprint density at radius 1 is 0.947 bits per heavy atom. The van der Waals surface area contributed by atoms with Crippen LogP contribution < -0.4 is 4.74 Å². The molecule has 1 aromatic heterocycles. The number of ketones is 1. The van der Waals surface area contributed by atoms with E-state index >= 15 is 0 Å². The zero-order valence-corrected chi connectivity index (χ0v) is 22.5. The van der Waals surface area contributed by atoms with E-state index < -0.39 is 12.1 Å². The number of Topliss-reactive ketones (excluding diaryl/α,β-unsaturated/α-hetero) is 1. The molecule has 5 nitrogen and oxygen atoms in total. The number of carboxylic acids is 1. The standard InChI is InChI=1S/C32H27BrO5/c1-2-3-12-25(34)29-24-11-7-8-13-26(24)38-31(29)22-14-16-23-21(19-22)15-17-27(30(23)33)37-28(32(35)36)18-20-9-5-4-6-10-20/h4-11,13-17,19,28H,2-3,12,18H2,1H3,(H,35,36). The van der Waals surface area contributed by atoms with Crippen LogP contribution in [0.4, 0.5) is 0 Å². The van der Waals surface area contributed by atoms with E-state index in [2.05, 4.69) is 22.9 Å². The first-order valence-corrected chi connectivity index (χ1v) is 13.5. The van der Waals surface area contributed by atoms with E-state index in [1.807, 2.05) is 78.9 Å². The molecular weight excluding hydrogens is 544 g/mol. The number of aliphatic carboxylic acids is 1. The molecule has 4 aromatic carbocycles. The first-order chi connectivity index (χ1) is 18.5. The Morgan fingerprint density at radius 3 is 2.47 bits per heavy atom. The van der Waals surface area contributed by atoms with Gasteiger partial charge in [0.15, 0.2) is 11.9 Å². The van der Waals surface area contributed by atoms with Crippen molar-refractivity contribution in [3.05, 3.63) is 101 Å². The maximum Gasteiger partial charge on any atom is 0.345 e. The van der Waals surface area contributed by atoms with Crippen molar-refractivity contribution in [3.63, 3.8) is 0 Å². The van der Waals surface area contributed by atoms with Crippen LogP contribution in [0, 0.1) is 0 Å². The molecule has 0 spiro atoms. The number of para-hydroxylation sites is 1. The van der Waals surface area contributed by atoms with Crippen molar-refractivity contribution in [1.82, 2.24) is 0 Å². The molecule has 0 aliphatic heterocycles. The molecule has 0 saturated heterocycles. The second-order valence-electron chi connectivity index (χ2n) is 9.28. The lowest BCUT2D eigenvalue weighted by Crippen LogP contribution is -2.29. The summed E-state index contributed by atoms with van der Waals surface area (Å²) in [7, 11) is 0. The molecule has 38 heavy (non-hydrogen) atoms. The molecule has 1 unspecified atom stereocenters. The lowest BCUT2D eigenvalue weighted by Gasteiger charge is -2.17. The largest absolute Gasteiger partial charge is 0.478 e. The number of carbonyl (C=O) groups is 2. The zero-order valence-electron chi connectivity index (χ0n) is 20.9. The van der Waals surface area contributed by atoms with Crippen LogP contribution in [0.1, 0.15) is 42.1 Å². The fourth-order valence-corrected chi connectivity index (χ4v) is 5.24. The summed E-state index contributed by atoms with van der Waals surface area (Å²) in [5.41, 5.74) is 3.00. The number of hydrogen-bond donors (Lipinski definition) is 1. The van der Waals surface area contributed by atoms with Crippen molar-refractivity contribution in [3.8, 4) is 17.1 Å². The highest BCUT2D eigenvalue weighted by Gasteiger charge is 2.24. The lowest BCUT2D eigenvalue weighted by atomic mass is 9.97. The Labute approximate surface area is 229 Å². The molecule has 6 heteroatoms. The Hall–Kier alpha value is -3.90. The van der Waals surface area contributed by atoms with E-state index in [0.29, 0.717) is 33.5 Å². The minimum Gasteiger partial charge on any atom is -0.478 e. The van der Waals surface area contributed by atoms with Crippen molar-refractivity contribution in [2.75, 3.05) is 0 Å². The van der Waals surface area contributed by atoms with Crippen LogP contribution in [0.3, 0.4) is 0 Å². The third-order valence-electron chi connectivity index (χ3n) is 6.62. The first kappa shape index (κ1) is 25.7. The number of benzene rings is 4. The highest BCUT2D eigenvalue weighted by atomic mass is 79.9. The van der Waals surface area contributed by atoms with Crippen molar-refractivity contribution in [2.45, 2.75) is 38.7 Å². The van der Waals surface area contributed by atoms with E-state index in [0.717, 1.165) is 40.1 Å². The lowest BCUT2D eigenvalue weighted by molar-refractivity contribution is -0.145. The van der Waals surface area contributed by atoms with Crippen molar-refractivity contribution < 1.29 is 23.8 Å². The van der Waals surface area contributed by atoms with E-state index in [1.165, 1.54) is 0 Å². The number of carbonyl (C=O) groups excluding carboxylic acids is 1. The summed E-state index contributed by atoms with van der Waals surface area (Å²) in [6.07, 6.45) is 1.46. The van der Waals surface area contributed by atoms with Crippen molar-refractivity contribution in [2.24, 2.45) is 0 Å². The van der Waals surface area contributed by atoms with Gasteiger partial charge in [-0.05, 0) is 56.9 Å². The van der Waals surface area contributed by atoms with Gasteiger partial charge in [0, 0.05) is 23.8 Å². The van der Waals surface area contributed by atoms with Crippen LogP contribution >= 0.6 is 15.9 Å². The van der Waals surface area contributed by atoms with Crippen LogP contribution in [0.2, 0.25) is 0 Å². The maximum absolute atomic E-state index is 13.2. The van der Waals surface area contributed by atoms with Gasteiger partial charge in [0.2, 0.25) is 0 Å². The third kappa shape index (κ3) is 5.22. The van der Waals surface area contributed by atoms with Gasteiger partial charge in [0.25, 0.3) is 0 Å². The molecule has 0 aliphatic rings. The normalized spacial score (nSPS) is 12.1. The number of furan rings is 1.